The highest BCUT2D eigenvalue weighted by atomic mass is 33.1. The van der Waals surface area contributed by atoms with E-state index in [-0.39, 0.29) is 37.4 Å². The number of rotatable bonds is 30. The molecule has 5 heterocycles. The quantitative estimate of drug-likeness (QED) is 0.0116. The van der Waals surface area contributed by atoms with Crippen molar-refractivity contribution in [3.05, 3.63) is 70.9 Å². The number of H-pyrrole nitrogens is 1. The molecule has 4 aliphatic heterocycles. The number of para-hydroxylation sites is 1. The number of aromatic amines is 1. The number of carboxylic acids is 2. The number of anilines is 1. The zero-order valence-corrected chi connectivity index (χ0v) is 57.3. The van der Waals surface area contributed by atoms with Gasteiger partial charge >= 0.3 is 24.0 Å². The molecule has 542 valence electrons. The highest BCUT2D eigenvalue weighted by Crippen LogP contribution is 2.67. The molecule has 18 N–H and O–H groups in total. The number of amides is 5. The summed E-state index contributed by atoms with van der Waals surface area (Å²) >= 11 is 0. The predicted molar refractivity (Wildman–Crippen MR) is 359 cm³/mol. The van der Waals surface area contributed by atoms with Crippen molar-refractivity contribution >= 4 is 85.8 Å². The molecular weight excluding hydrogens is 1320 g/mol. The van der Waals surface area contributed by atoms with Crippen LogP contribution in [0.3, 0.4) is 0 Å². The van der Waals surface area contributed by atoms with Gasteiger partial charge in [0.2, 0.25) is 17.7 Å². The van der Waals surface area contributed by atoms with Crippen molar-refractivity contribution < 1.29 is 104 Å². The number of hydrogen-bond acceptors (Lipinski definition) is 25. The molecule has 1 spiro atoms. The van der Waals surface area contributed by atoms with Gasteiger partial charge in [0.15, 0.2) is 5.60 Å². The molecule has 5 aliphatic rings. The number of aliphatic hydroxyl groups excluding tert-OH is 6. The van der Waals surface area contributed by atoms with Gasteiger partial charge in [-0.25, -0.2) is 15.0 Å². The number of nitrogens with one attached hydrogen (secondary N) is 8. The van der Waals surface area contributed by atoms with Crippen molar-refractivity contribution in [3.8, 4) is 5.75 Å². The molecule has 1 saturated carbocycles. The number of nitrogens with zero attached hydrogens (tertiary/aromatic N) is 2. The summed E-state index contributed by atoms with van der Waals surface area (Å²) in [4.78, 5) is 115. The fourth-order valence-electron chi connectivity index (χ4n) is 15.4. The number of benzene rings is 2. The minimum atomic E-state index is -2.69. The first kappa shape index (κ1) is 76.9. The molecule has 8 rings (SSSR count). The topological polar surface area (TPSA) is 473 Å². The number of hydrogen-bond donors (Lipinski definition) is 18. The number of aromatic nitrogens is 1. The van der Waals surface area contributed by atoms with Gasteiger partial charge in [-0.3, -0.25) is 39.1 Å². The molecule has 31 nitrogen and oxygen atoms in total. The summed E-state index contributed by atoms with van der Waals surface area (Å²) in [5.41, 5.74) is 0.773. The zero-order chi connectivity index (χ0) is 71.7. The smallest absolute Gasteiger partial charge is 0.426 e. The Balaban J connectivity index is 0.972. The lowest BCUT2D eigenvalue weighted by Crippen LogP contribution is -2.82. The maximum atomic E-state index is 15.4. The Morgan fingerprint density at radius 3 is 2.21 bits per heavy atom. The van der Waals surface area contributed by atoms with E-state index in [0.29, 0.717) is 86.5 Å². The van der Waals surface area contributed by atoms with Crippen molar-refractivity contribution in [1.82, 2.24) is 47.3 Å². The second kappa shape index (κ2) is 32.6. The number of β-amino-alcohol motifs (C(OH)–C–C–N with tert-alkyl or cyclic N) is 1. The number of methoxy groups -OCH3 is 2. The summed E-state index contributed by atoms with van der Waals surface area (Å²) in [6.45, 7) is 3.70. The molecule has 3 aromatic rings. The first-order chi connectivity index (χ1) is 46.6. The van der Waals surface area contributed by atoms with E-state index in [9.17, 15) is 74.7 Å². The van der Waals surface area contributed by atoms with Crippen LogP contribution in [0, 0.1) is 5.41 Å². The average Bonchev–Trinajstić information content (AvgIpc) is 1.46. The summed E-state index contributed by atoms with van der Waals surface area (Å²) in [7, 11) is 7.91. The number of aliphatic hydroxyl groups is 8. The maximum Gasteiger partial charge on any atom is 0.426 e. The largest absolute Gasteiger partial charge is 0.496 e. The van der Waals surface area contributed by atoms with Crippen LogP contribution in [0.15, 0.2) is 48.6 Å². The Morgan fingerprint density at radius 1 is 0.837 bits per heavy atom. The number of carbonyl (C=O) groups excluding carboxylic acids is 6. The number of carbonyl (C=O) groups is 8. The SMILES string of the molecule is CC[C@]1(O)CCC[C@](C(=O)OC)(c2cc3c(cc2OC)N(C)[C@H]2[C@@](O)(C(=O)NNC(=O)OCCSSC[C@H](NC(=O)[C@@H](CCC(=O)NC[C@H](O)[C@@H](O)[C@H](O)[C@H](O)CO)NC(=O)[C@@H](CCC(=O)O)NC)C(=O)O)[C@H](O)[C@]4(CC)C=CCN5CC[C@]32[C@@H]54)c2[nH]c3ccccc3c2CCNC1. The van der Waals surface area contributed by atoms with E-state index in [1.165, 1.54) is 21.3 Å². The van der Waals surface area contributed by atoms with Gasteiger partial charge in [-0.15, -0.1) is 0 Å². The first-order valence-corrected chi connectivity index (χ1v) is 35.3. The molecule has 2 aromatic carbocycles. The van der Waals surface area contributed by atoms with Crippen LogP contribution < -0.4 is 47.1 Å². The third-order valence-electron chi connectivity index (χ3n) is 20.5. The Labute approximate surface area is 574 Å². The molecule has 5 amide bonds. The van der Waals surface area contributed by atoms with E-state index in [1.54, 1.807) is 18.0 Å². The molecular formula is C65H94N10O21S2. The van der Waals surface area contributed by atoms with Crippen molar-refractivity contribution in [2.24, 2.45) is 5.41 Å². The molecule has 1 saturated heterocycles. The van der Waals surface area contributed by atoms with Crippen molar-refractivity contribution in [2.75, 3.05) is 90.7 Å². The van der Waals surface area contributed by atoms with Gasteiger partial charge in [0.1, 0.15) is 54.3 Å². The zero-order valence-electron chi connectivity index (χ0n) is 55.7. The first-order valence-electron chi connectivity index (χ1n) is 32.8. The summed E-state index contributed by atoms with van der Waals surface area (Å²) in [5, 5.41) is 121. The van der Waals surface area contributed by atoms with Crippen LogP contribution in [0.1, 0.15) is 100 Å². The molecule has 1 aromatic heterocycles. The highest BCUT2D eigenvalue weighted by molar-refractivity contribution is 8.76. The van der Waals surface area contributed by atoms with Gasteiger partial charge in [0, 0.05) is 102 Å². The van der Waals surface area contributed by atoms with E-state index in [2.05, 4.69) is 47.3 Å². The van der Waals surface area contributed by atoms with Crippen LogP contribution in [0.25, 0.3) is 10.9 Å². The van der Waals surface area contributed by atoms with Crippen LogP contribution in [0.2, 0.25) is 0 Å². The standard InChI is InChI=1S/C65H94N10O21S2/c1-7-61(92)20-11-22-63(59(90)95-6,51-36(19-24-67-34-61)35-13-9-10-14-39(35)69-51)38-29-37-43(30-46(38)94-5)74(4)56-64(37)23-26-75-25-12-21-62(8-2,55(64)75)57(88)65(56,93)58(89)72-73-60(91)96-27-28-97-98-33-42(54(86)87)71-53(85)41(70-52(84)40(66-3)16-18-48(80)81)15-17-47(79)68-31-44(77)49(82)50(83)45(78)32-76/h9-10,12-14,21,29-30,40-42,44-45,49-50,55-57,66-67,69,76-78,82-83,88,92-93H,7-8,11,15-20,22-28,31-34H2,1-6H3,(H,68,79)(H,70,84)(H,71,85)(H,72,89)(H,73,91)(H,80,81)(H,86,87)/t40-,41-,42+,44+,45-,49-,50-,55+,56-,57-,61+,62-,63+,64-,65+/m1/s1. The van der Waals surface area contributed by atoms with Gasteiger partial charge in [-0.1, -0.05) is 65.8 Å². The predicted octanol–water partition coefficient (Wildman–Crippen LogP) is -1.73. The second-order valence-corrected chi connectivity index (χ2v) is 28.5. The Bertz CT molecular complexity index is 3420. The average molecular weight is 1420 g/mol. The molecule has 0 bridgehead atoms. The van der Waals surface area contributed by atoms with Crippen LogP contribution >= 0.6 is 21.6 Å². The van der Waals surface area contributed by atoms with Crippen LogP contribution in [-0.2, 0) is 60.3 Å². The minimum Gasteiger partial charge on any atom is -0.496 e. The van der Waals surface area contributed by atoms with Crippen molar-refractivity contribution in [3.63, 3.8) is 0 Å². The van der Waals surface area contributed by atoms with E-state index in [4.69, 9.17) is 19.3 Å². The molecule has 98 heavy (non-hydrogen) atoms. The van der Waals surface area contributed by atoms with Gasteiger partial charge in [-0.05, 0) is 101 Å². The van der Waals surface area contributed by atoms with Gasteiger partial charge < -0.3 is 102 Å². The number of hydrazine groups is 1. The number of fused-ring (bicyclic) bond motifs is 4. The van der Waals surface area contributed by atoms with E-state index in [0.717, 1.165) is 38.1 Å². The lowest BCUT2D eigenvalue weighted by molar-refractivity contribution is -0.204. The normalized spacial score (nSPS) is 27.2. The molecule has 0 radical (unpaired) electrons. The third-order valence-corrected chi connectivity index (χ3v) is 22.9. The highest BCUT2D eigenvalue weighted by Gasteiger charge is 2.79. The summed E-state index contributed by atoms with van der Waals surface area (Å²) in [5.74, 6) is -7.15. The second-order valence-electron chi connectivity index (χ2n) is 25.8. The number of aliphatic carboxylic acids is 2. The molecule has 0 unspecified atom stereocenters. The van der Waals surface area contributed by atoms with E-state index >= 15 is 9.59 Å². The summed E-state index contributed by atoms with van der Waals surface area (Å²) in [6.07, 6.45) is -5.94. The lowest BCUT2D eigenvalue weighted by Gasteiger charge is -2.63. The molecule has 1 aliphatic carbocycles. The monoisotopic (exact) mass is 1410 g/mol. The van der Waals surface area contributed by atoms with Gasteiger partial charge in [0.05, 0.1) is 44.6 Å². The van der Waals surface area contributed by atoms with Crippen LogP contribution in [0.5, 0.6) is 5.75 Å². The minimum absolute atomic E-state index is 0.0244. The summed E-state index contributed by atoms with van der Waals surface area (Å²) in [6, 6.07) is 5.51. The molecule has 15 atom stereocenters. The third kappa shape index (κ3) is 15.1. The van der Waals surface area contributed by atoms with E-state index in [1.807, 2.05) is 56.3 Å². The van der Waals surface area contributed by atoms with Crippen LogP contribution in [-0.4, -0.2) is 266 Å². The number of likely N-dealkylation sites (N-methyl/N-ethyl adjacent to an activating group) is 2. The Hall–Kier alpha value is -6.86. The van der Waals surface area contributed by atoms with Gasteiger partial charge in [-0.2, -0.15) is 0 Å². The fourth-order valence-corrected chi connectivity index (χ4v) is 17.4. The number of ether oxygens (including phenoxy) is 3. The maximum absolute atomic E-state index is 15.4. The lowest BCUT2D eigenvalue weighted by atomic mass is 9.47. The van der Waals surface area contributed by atoms with Gasteiger partial charge in [0.25, 0.3) is 5.91 Å². The fraction of sp³-hybridized carbons (Fsp3) is 0.631. The Morgan fingerprint density at radius 2 is 1.54 bits per heavy atom. The molecule has 33 heteroatoms. The van der Waals surface area contributed by atoms with Crippen molar-refractivity contribution in [1.29, 1.82) is 0 Å². The summed E-state index contributed by atoms with van der Waals surface area (Å²) < 4.78 is 17.6. The Kier molecular flexibility index (Phi) is 25.6. The van der Waals surface area contributed by atoms with E-state index < -0.39 is 168 Å². The number of esters is 1. The number of carboxylic acid groups (broad SMARTS) is 2. The van der Waals surface area contributed by atoms with Crippen molar-refractivity contribution in [2.45, 2.75) is 167 Å². The van der Waals surface area contributed by atoms with Crippen LogP contribution in [0.4, 0.5) is 10.5 Å². The molecule has 2 fully saturated rings.